The van der Waals surface area contributed by atoms with E-state index in [0.29, 0.717) is 25.7 Å². The van der Waals surface area contributed by atoms with E-state index in [1.807, 2.05) is 0 Å². The molecule has 0 atom stereocenters. The van der Waals surface area contributed by atoms with Gasteiger partial charge in [-0.15, -0.1) is 0 Å². The van der Waals surface area contributed by atoms with Crippen molar-refractivity contribution < 1.29 is 19.4 Å². The molecular formula is C10H16O4. The summed E-state index contributed by atoms with van der Waals surface area (Å²) in [5, 5.41) is 8.67. The molecule has 0 radical (unpaired) electrons. The summed E-state index contributed by atoms with van der Waals surface area (Å²) in [6.45, 7) is -0.381. The molecule has 0 aromatic rings. The van der Waals surface area contributed by atoms with Crippen molar-refractivity contribution in [1.29, 1.82) is 0 Å². The second kappa shape index (κ2) is 5.10. The van der Waals surface area contributed by atoms with Gasteiger partial charge in [-0.1, -0.05) is 0 Å². The Balaban J connectivity index is 2.38. The molecule has 0 aliphatic heterocycles. The average molecular weight is 200 g/mol. The smallest absolute Gasteiger partial charge is 0.308 e. The first kappa shape index (κ1) is 11.2. The number of Topliss-reactive ketones (excluding diaryl/α,β-unsaturated/α-hetero) is 1. The number of methoxy groups -OCH3 is 1. The lowest BCUT2D eigenvalue weighted by molar-refractivity contribution is -0.147. The summed E-state index contributed by atoms with van der Waals surface area (Å²) >= 11 is 0. The van der Waals surface area contributed by atoms with Gasteiger partial charge < -0.3 is 9.84 Å². The highest BCUT2D eigenvalue weighted by Crippen LogP contribution is 2.29. The van der Waals surface area contributed by atoms with Gasteiger partial charge in [0.1, 0.15) is 6.61 Å². The third-order valence-electron chi connectivity index (χ3n) is 2.87. The highest BCUT2D eigenvalue weighted by molar-refractivity contribution is 5.82. The van der Waals surface area contributed by atoms with Crippen LogP contribution in [-0.2, 0) is 14.3 Å². The number of hydrogen-bond acceptors (Lipinski definition) is 4. The Morgan fingerprint density at radius 1 is 1.21 bits per heavy atom. The summed E-state index contributed by atoms with van der Waals surface area (Å²) < 4.78 is 4.64. The number of carbonyl (C=O) groups is 2. The monoisotopic (exact) mass is 200 g/mol. The number of ketones is 1. The second-order valence-corrected chi connectivity index (χ2v) is 3.70. The Kier molecular flexibility index (Phi) is 4.07. The maximum atomic E-state index is 11.2. The van der Waals surface area contributed by atoms with Crippen LogP contribution >= 0.6 is 0 Å². The molecule has 4 nitrogen and oxygen atoms in total. The van der Waals surface area contributed by atoms with E-state index >= 15 is 0 Å². The van der Waals surface area contributed by atoms with Crippen LogP contribution in [0.15, 0.2) is 0 Å². The van der Waals surface area contributed by atoms with Crippen LogP contribution in [0.5, 0.6) is 0 Å². The van der Waals surface area contributed by atoms with Gasteiger partial charge in [0.15, 0.2) is 5.78 Å². The fraction of sp³-hybridized carbons (Fsp3) is 0.800. The zero-order valence-electron chi connectivity index (χ0n) is 8.36. The minimum absolute atomic E-state index is 0.0530. The molecule has 1 aliphatic rings. The zero-order valence-corrected chi connectivity index (χ0v) is 8.36. The van der Waals surface area contributed by atoms with Gasteiger partial charge >= 0.3 is 5.97 Å². The molecule has 1 rings (SSSR count). The Morgan fingerprint density at radius 2 is 1.71 bits per heavy atom. The quantitative estimate of drug-likeness (QED) is 0.675. The van der Waals surface area contributed by atoms with Gasteiger partial charge in [0, 0.05) is 5.92 Å². The van der Waals surface area contributed by atoms with Crippen molar-refractivity contribution in [3.8, 4) is 0 Å². The van der Waals surface area contributed by atoms with E-state index in [4.69, 9.17) is 5.11 Å². The van der Waals surface area contributed by atoms with Crippen molar-refractivity contribution in [1.82, 2.24) is 0 Å². The molecule has 80 valence electrons. The van der Waals surface area contributed by atoms with Gasteiger partial charge in [-0.2, -0.15) is 0 Å². The van der Waals surface area contributed by atoms with Gasteiger partial charge in [-0.05, 0) is 25.7 Å². The second-order valence-electron chi connectivity index (χ2n) is 3.70. The van der Waals surface area contributed by atoms with Crippen LogP contribution in [0.1, 0.15) is 25.7 Å². The van der Waals surface area contributed by atoms with E-state index in [1.165, 1.54) is 7.11 Å². The van der Waals surface area contributed by atoms with Crippen molar-refractivity contribution in [2.24, 2.45) is 11.8 Å². The molecule has 0 aromatic carbocycles. The Bertz CT molecular complexity index is 192. The summed E-state index contributed by atoms with van der Waals surface area (Å²) in [5.74, 6) is -0.392. The largest absolute Gasteiger partial charge is 0.469 e. The third-order valence-corrected chi connectivity index (χ3v) is 2.87. The molecule has 0 heterocycles. The molecule has 0 saturated heterocycles. The molecule has 0 aromatic heterocycles. The van der Waals surface area contributed by atoms with E-state index in [-0.39, 0.29) is 30.2 Å². The molecule has 0 spiro atoms. The van der Waals surface area contributed by atoms with Crippen LogP contribution < -0.4 is 0 Å². The third kappa shape index (κ3) is 2.54. The summed E-state index contributed by atoms with van der Waals surface area (Å²) in [6.07, 6.45) is 2.78. The average Bonchev–Trinajstić information content (AvgIpc) is 2.27. The minimum atomic E-state index is -0.381. The van der Waals surface area contributed by atoms with E-state index in [2.05, 4.69) is 4.74 Å². The lowest BCUT2D eigenvalue weighted by Gasteiger charge is -2.25. The van der Waals surface area contributed by atoms with Crippen LogP contribution in [0.3, 0.4) is 0 Å². The van der Waals surface area contributed by atoms with Crippen LogP contribution in [0.25, 0.3) is 0 Å². The number of ether oxygens (including phenoxy) is 1. The number of carbonyl (C=O) groups excluding carboxylic acids is 2. The molecule has 4 heteroatoms. The maximum Gasteiger partial charge on any atom is 0.308 e. The molecule has 1 N–H and O–H groups in total. The first-order chi connectivity index (χ1) is 6.69. The zero-order chi connectivity index (χ0) is 10.6. The molecule has 1 aliphatic carbocycles. The normalized spacial score (nSPS) is 27.0. The van der Waals surface area contributed by atoms with Crippen molar-refractivity contribution in [2.75, 3.05) is 13.7 Å². The number of esters is 1. The lowest BCUT2D eigenvalue weighted by Crippen LogP contribution is -2.27. The van der Waals surface area contributed by atoms with E-state index in [1.54, 1.807) is 0 Å². The predicted molar refractivity (Wildman–Crippen MR) is 49.6 cm³/mol. The fourth-order valence-electron chi connectivity index (χ4n) is 1.95. The van der Waals surface area contributed by atoms with E-state index < -0.39 is 0 Å². The highest BCUT2D eigenvalue weighted by Gasteiger charge is 2.29. The van der Waals surface area contributed by atoms with Gasteiger partial charge in [0.2, 0.25) is 0 Å². The standard InChI is InChI=1S/C10H16O4/c1-14-10(13)8-4-2-7(3-5-8)9(12)6-11/h7-8,11H,2-6H2,1H3. The summed E-state index contributed by atoms with van der Waals surface area (Å²) in [5.41, 5.74) is 0. The molecule has 1 saturated carbocycles. The Morgan fingerprint density at radius 3 is 2.14 bits per heavy atom. The molecule has 14 heavy (non-hydrogen) atoms. The number of aliphatic hydroxyl groups is 1. The van der Waals surface area contributed by atoms with Gasteiger partial charge in [-0.3, -0.25) is 9.59 Å². The number of rotatable bonds is 3. The number of aliphatic hydroxyl groups excluding tert-OH is 1. The van der Waals surface area contributed by atoms with Gasteiger partial charge in [0.25, 0.3) is 0 Å². The molecule has 0 unspecified atom stereocenters. The Labute approximate surface area is 83.2 Å². The summed E-state index contributed by atoms with van der Waals surface area (Å²) in [4.78, 5) is 22.3. The van der Waals surface area contributed by atoms with Crippen molar-refractivity contribution >= 4 is 11.8 Å². The summed E-state index contributed by atoms with van der Waals surface area (Å²) in [7, 11) is 1.38. The van der Waals surface area contributed by atoms with Crippen LogP contribution in [0.4, 0.5) is 0 Å². The number of hydrogen-bond donors (Lipinski definition) is 1. The first-order valence-electron chi connectivity index (χ1n) is 4.90. The van der Waals surface area contributed by atoms with Crippen molar-refractivity contribution in [3.05, 3.63) is 0 Å². The lowest BCUT2D eigenvalue weighted by atomic mass is 9.80. The minimum Gasteiger partial charge on any atom is -0.469 e. The van der Waals surface area contributed by atoms with Crippen molar-refractivity contribution in [2.45, 2.75) is 25.7 Å². The molecular weight excluding hydrogens is 184 g/mol. The highest BCUT2D eigenvalue weighted by atomic mass is 16.5. The summed E-state index contributed by atoms with van der Waals surface area (Å²) in [6, 6.07) is 0. The van der Waals surface area contributed by atoms with E-state index in [0.717, 1.165) is 0 Å². The van der Waals surface area contributed by atoms with Crippen molar-refractivity contribution in [3.63, 3.8) is 0 Å². The van der Waals surface area contributed by atoms with Gasteiger partial charge in [0.05, 0.1) is 13.0 Å². The van der Waals surface area contributed by atoms with Crippen LogP contribution in [-0.4, -0.2) is 30.6 Å². The maximum absolute atomic E-state index is 11.2. The predicted octanol–water partition coefficient (Wildman–Crippen LogP) is 0.527. The van der Waals surface area contributed by atoms with Crippen LogP contribution in [0.2, 0.25) is 0 Å². The van der Waals surface area contributed by atoms with Crippen LogP contribution in [0, 0.1) is 11.8 Å². The fourth-order valence-corrected chi connectivity index (χ4v) is 1.95. The molecule has 0 bridgehead atoms. The molecule has 1 fully saturated rings. The SMILES string of the molecule is COC(=O)C1CCC(C(=O)CO)CC1. The molecule has 0 amide bonds. The Hall–Kier alpha value is -0.900. The van der Waals surface area contributed by atoms with E-state index in [9.17, 15) is 9.59 Å². The van der Waals surface area contributed by atoms with Gasteiger partial charge in [-0.25, -0.2) is 0 Å². The topological polar surface area (TPSA) is 63.6 Å². The first-order valence-corrected chi connectivity index (χ1v) is 4.90.